The maximum atomic E-state index is 5.86. The minimum Gasteiger partial charge on any atom is -0.403 e. The molecule has 1 aliphatic carbocycles. The van der Waals surface area contributed by atoms with Crippen molar-refractivity contribution in [2.75, 3.05) is 0 Å². The molecule has 0 amide bonds. The van der Waals surface area contributed by atoms with E-state index in [9.17, 15) is 0 Å². The number of halogens is 1. The van der Waals surface area contributed by atoms with Crippen LogP contribution >= 0.6 is 12.4 Å². The molecule has 2 unspecified atom stereocenters. The summed E-state index contributed by atoms with van der Waals surface area (Å²) in [6.07, 6.45) is 1.04. The van der Waals surface area contributed by atoms with Crippen molar-refractivity contribution < 1.29 is 9.31 Å². The molecule has 3 nitrogen and oxygen atoms in total. The van der Waals surface area contributed by atoms with Crippen LogP contribution in [0.4, 0.5) is 0 Å². The second-order valence-corrected chi connectivity index (χ2v) is 5.19. The molecule has 0 spiro atoms. The first kappa shape index (κ1) is 12.3. The standard InChI is InChI=1S/C9H18BNO2.ClH/c1-8(2)9(3,4)13-10(12-8)6-5-7(6)11;/h6-7H,5,11H2,1-4H3;1H. The van der Waals surface area contributed by atoms with Crippen LogP contribution in [0, 0.1) is 0 Å². The highest BCUT2D eigenvalue weighted by atomic mass is 35.5. The first-order chi connectivity index (χ1) is 5.83. The molecule has 0 aromatic carbocycles. The SMILES string of the molecule is CC1(C)OB(C2CC2N)OC1(C)C.Cl. The van der Waals surface area contributed by atoms with E-state index < -0.39 is 0 Å². The number of nitrogens with two attached hydrogens (primary N) is 1. The fraction of sp³-hybridized carbons (Fsp3) is 1.00. The van der Waals surface area contributed by atoms with Crippen LogP contribution in [-0.2, 0) is 9.31 Å². The summed E-state index contributed by atoms with van der Waals surface area (Å²) in [6.45, 7) is 8.28. The predicted octanol–water partition coefficient (Wildman–Crippen LogP) is 1.60. The van der Waals surface area contributed by atoms with Crippen molar-refractivity contribution in [2.24, 2.45) is 5.73 Å². The van der Waals surface area contributed by atoms with E-state index in [2.05, 4.69) is 27.7 Å². The Kier molecular flexibility index (Phi) is 2.96. The monoisotopic (exact) mass is 219 g/mol. The lowest BCUT2D eigenvalue weighted by atomic mass is 9.82. The molecule has 0 bridgehead atoms. The van der Waals surface area contributed by atoms with E-state index in [1.54, 1.807) is 0 Å². The Labute approximate surface area is 92.3 Å². The zero-order chi connectivity index (χ0) is 9.85. The van der Waals surface area contributed by atoms with Crippen LogP contribution in [0.3, 0.4) is 0 Å². The van der Waals surface area contributed by atoms with Crippen molar-refractivity contribution in [1.82, 2.24) is 0 Å². The molecule has 1 heterocycles. The Morgan fingerprint density at radius 1 is 1.14 bits per heavy atom. The highest BCUT2D eigenvalue weighted by molar-refractivity contribution is 6.49. The molecule has 2 rings (SSSR count). The normalized spacial score (nSPS) is 37.9. The quantitative estimate of drug-likeness (QED) is 0.682. The summed E-state index contributed by atoms with van der Waals surface area (Å²) in [4.78, 5) is 0. The van der Waals surface area contributed by atoms with Crippen molar-refractivity contribution in [3.05, 3.63) is 0 Å². The van der Waals surface area contributed by atoms with Crippen molar-refractivity contribution in [3.8, 4) is 0 Å². The van der Waals surface area contributed by atoms with Gasteiger partial charge in [-0.1, -0.05) is 0 Å². The maximum Gasteiger partial charge on any atom is 0.462 e. The summed E-state index contributed by atoms with van der Waals surface area (Å²) < 4.78 is 11.7. The summed E-state index contributed by atoms with van der Waals surface area (Å²) in [5, 5.41) is 0. The van der Waals surface area contributed by atoms with E-state index >= 15 is 0 Å². The highest BCUT2D eigenvalue weighted by Gasteiger charge is 2.58. The minimum atomic E-state index is -0.208. The molecule has 0 aromatic heterocycles. The van der Waals surface area contributed by atoms with Crippen LogP contribution < -0.4 is 5.73 Å². The van der Waals surface area contributed by atoms with Crippen molar-refractivity contribution >= 4 is 19.5 Å². The molecule has 1 saturated carbocycles. The lowest BCUT2D eigenvalue weighted by Crippen LogP contribution is -2.41. The van der Waals surface area contributed by atoms with Crippen molar-refractivity contribution in [1.29, 1.82) is 0 Å². The minimum absolute atomic E-state index is 0. The van der Waals surface area contributed by atoms with E-state index in [-0.39, 0.29) is 36.8 Å². The fourth-order valence-corrected chi connectivity index (χ4v) is 1.61. The summed E-state index contributed by atoms with van der Waals surface area (Å²) >= 11 is 0. The van der Waals surface area contributed by atoms with E-state index in [1.165, 1.54) is 0 Å². The van der Waals surface area contributed by atoms with Crippen molar-refractivity contribution in [3.63, 3.8) is 0 Å². The Balaban J connectivity index is 0.000000980. The zero-order valence-electron chi connectivity index (χ0n) is 9.24. The van der Waals surface area contributed by atoms with Gasteiger partial charge < -0.3 is 15.0 Å². The smallest absolute Gasteiger partial charge is 0.403 e. The number of hydrogen-bond acceptors (Lipinski definition) is 3. The molecular formula is C9H19BClNO2. The largest absolute Gasteiger partial charge is 0.462 e. The van der Waals surface area contributed by atoms with Gasteiger partial charge in [0, 0.05) is 11.9 Å². The van der Waals surface area contributed by atoms with Crippen molar-refractivity contribution in [2.45, 2.75) is 57.2 Å². The van der Waals surface area contributed by atoms with Gasteiger partial charge in [0.1, 0.15) is 0 Å². The van der Waals surface area contributed by atoms with Gasteiger partial charge in [0.15, 0.2) is 0 Å². The third-order valence-electron chi connectivity index (χ3n) is 3.51. The van der Waals surface area contributed by atoms with E-state index in [1.807, 2.05) is 0 Å². The predicted molar refractivity (Wildman–Crippen MR) is 59.7 cm³/mol. The van der Waals surface area contributed by atoms with Gasteiger partial charge in [-0.05, 0) is 34.1 Å². The zero-order valence-corrected chi connectivity index (χ0v) is 10.1. The van der Waals surface area contributed by atoms with Gasteiger partial charge in [0.2, 0.25) is 0 Å². The lowest BCUT2D eigenvalue weighted by Gasteiger charge is -2.32. The Morgan fingerprint density at radius 2 is 1.50 bits per heavy atom. The van der Waals surface area contributed by atoms with Crippen LogP contribution in [-0.4, -0.2) is 24.4 Å². The Hall–Kier alpha value is 0.235. The van der Waals surface area contributed by atoms with Crippen LogP contribution in [0.15, 0.2) is 0 Å². The molecule has 82 valence electrons. The molecule has 5 heteroatoms. The Bertz CT molecular complexity index is 219. The van der Waals surface area contributed by atoms with Gasteiger partial charge in [-0.2, -0.15) is 0 Å². The van der Waals surface area contributed by atoms with Crippen LogP contribution in [0.1, 0.15) is 34.1 Å². The van der Waals surface area contributed by atoms with Gasteiger partial charge in [-0.3, -0.25) is 0 Å². The van der Waals surface area contributed by atoms with Gasteiger partial charge in [0.25, 0.3) is 0 Å². The first-order valence-electron chi connectivity index (χ1n) is 4.95. The number of rotatable bonds is 1. The average molecular weight is 220 g/mol. The molecule has 2 aliphatic rings. The summed E-state index contributed by atoms with van der Waals surface area (Å²) in [5.74, 6) is 0.418. The second kappa shape index (κ2) is 3.37. The third kappa shape index (κ3) is 1.81. The maximum absolute atomic E-state index is 5.86. The molecule has 0 radical (unpaired) electrons. The first-order valence-corrected chi connectivity index (χ1v) is 4.95. The van der Waals surface area contributed by atoms with Gasteiger partial charge in [0.05, 0.1) is 11.2 Å². The van der Waals surface area contributed by atoms with Gasteiger partial charge in [-0.15, -0.1) is 12.4 Å². The summed E-state index contributed by atoms with van der Waals surface area (Å²) in [7, 11) is -0.0833. The molecule has 2 atom stereocenters. The molecule has 1 saturated heterocycles. The Morgan fingerprint density at radius 3 is 1.79 bits per heavy atom. The van der Waals surface area contributed by atoms with E-state index in [4.69, 9.17) is 15.0 Å². The van der Waals surface area contributed by atoms with E-state index in [0.717, 1.165) is 6.42 Å². The number of hydrogen-bond donors (Lipinski definition) is 1. The highest BCUT2D eigenvalue weighted by Crippen LogP contribution is 2.47. The molecule has 1 aliphatic heterocycles. The lowest BCUT2D eigenvalue weighted by molar-refractivity contribution is 0.00578. The van der Waals surface area contributed by atoms with Crippen LogP contribution in [0.25, 0.3) is 0 Å². The molecule has 14 heavy (non-hydrogen) atoms. The molecule has 2 N–H and O–H groups in total. The van der Waals surface area contributed by atoms with Gasteiger partial charge >= 0.3 is 7.12 Å². The second-order valence-electron chi connectivity index (χ2n) is 5.19. The summed E-state index contributed by atoms with van der Waals surface area (Å²) in [6, 6.07) is 0.287. The van der Waals surface area contributed by atoms with Crippen LogP contribution in [0.2, 0.25) is 5.82 Å². The third-order valence-corrected chi connectivity index (χ3v) is 3.51. The molecule has 2 fully saturated rings. The van der Waals surface area contributed by atoms with Gasteiger partial charge in [-0.25, -0.2) is 0 Å². The van der Waals surface area contributed by atoms with Crippen LogP contribution in [0.5, 0.6) is 0 Å². The molecular weight excluding hydrogens is 200 g/mol. The molecule has 0 aromatic rings. The average Bonchev–Trinajstić information content (AvgIpc) is 2.58. The fourth-order valence-electron chi connectivity index (χ4n) is 1.61. The van der Waals surface area contributed by atoms with E-state index in [0.29, 0.717) is 5.82 Å². The topological polar surface area (TPSA) is 44.5 Å². The summed E-state index contributed by atoms with van der Waals surface area (Å²) in [5.41, 5.74) is 5.35.